The molecule has 3 amide bonds. The fourth-order valence-electron chi connectivity index (χ4n) is 3.08. The van der Waals surface area contributed by atoms with Crippen LogP contribution in [0, 0.1) is 28.7 Å². The lowest BCUT2D eigenvalue weighted by Gasteiger charge is -2.28. The predicted molar refractivity (Wildman–Crippen MR) is 118 cm³/mol. The molecule has 1 aromatic carbocycles. The monoisotopic (exact) mass is 516 g/mol. The molecule has 0 aromatic heterocycles. The Morgan fingerprint density at radius 3 is 2.06 bits per heavy atom. The van der Waals surface area contributed by atoms with Crippen molar-refractivity contribution in [2.75, 3.05) is 19.7 Å². The summed E-state index contributed by atoms with van der Waals surface area (Å²) in [6.45, 7) is 6.57. The third kappa shape index (κ3) is 7.61. The molecule has 36 heavy (non-hydrogen) atoms. The Kier molecular flexibility index (Phi) is 9.36. The average molecular weight is 516 g/mol. The number of hydrogen-bond acceptors (Lipinski definition) is 6. The number of imide groups is 1. The molecule has 0 fully saturated rings. The number of esters is 1. The van der Waals surface area contributed by atoms with E-state index in [0.29, 0.717) is 6.42 Å². The van der Waals surface area contributed by atoms with Crippen LogP contribution in [0.3, 0.4) is 0 Å². The Labute approximate surface area is 205 Å². The van der Waals surface area contributed by atoms with E-state index in [-0.39, 0.29) is 44.5 Å². The van der Waals surface area contributed by atoms with Gasteiger partial charge in [-0.05, 0) is 40.5 Å². The number of benzene rings is 1. The Bertz CT molecular complexity index is 1030. The second-order valence-electron chi connectivity index (χ2n) is 9.44. The van der Waals surface area contributed by atoms with Crippen molar-refractivity contribution in [1.82, 2.24) is 10.2 Å². The number of rotatable bonds is 12. The van der Waals surface area contributed by atoms with Crippen molar-refractivity contribution in [2.45, 2.75) is 52.6 Å². The largest absolute Gasteiger partial charge is 0.420 e. The highest BCUT2D eigenvalue weighted by molar-refractivity contribution is 6.13. The normalized spacial score (nSPS) is 13.9. The van der Waals surface area contributed by atoms with E-state index in [2.05, 4.69) is 10.1 Å². The van der Waals surface area contributed by atoms with Crippen molar-refractivity contribution in [2.24, 2.45) is 5.41 Å². The van der Waals surface area contributed by atoms with Gasteiger partial charge in [-0.1, -0.05) is 0 Å². The molecule has 0 bridgehead atoms. The van der Waals surface area contributed by atoms with Crippen LogP contribution in [0.15, 0.2) is 18.2 Å². The summed E-state index contributed by atoms with van der Waals surface area (Å²) in [5, 5.41) is 2.67. The van der Waals surface area contributed by atoms with Crippen molar-refractivity contribution < 1.29 is 46.2 Å². The Hall–Kier alpha value is -3.28. The van der Waals surface area contributed by atoms with Gasteiger partial charge in [0.1, 0.15) is 0 Å². The van der Waals surface area contributed by atoms with Crippen molar-refractivity contribution >= 4 is 23.7 Å². The van der Waals surface area contributed by atoms with Gasteiger partial charge >= 0.3 is 5.97 Å². The van der Waals surface area contributed by atoms with E-state index in [0.717, 1.165) is 17.1 Å². The van der Waals surface area contributed by atoms with E-state index in [1.807, 2.05) is 0 Å². The van der Waals surface area contributed by atoms with Gasteiger partial charge in [-0.3, -0.25) is 24.1 Å². The Balaban J connectivity index is 1.77. The van der Waals surface area contributed by atoms with Gasteiger partial charge in [0.15, 0.2) is 11.6 Å². The van der Waals surface area contributed by atoms with Crippen LogP contribution in [0.5, 0.6) is 5.75 Å². The van der Waals surface area contributed by atoms with E-state index < -0.39 is 57.8 Å². The van der Waals surface area contributed by atoms with Gasteiger partial charge in [0.25, 0.3) is 11.8 Å². The van der Waals surface area contributed by atoms with Gasteiger partial charge in [-0.2, -0.15) is 8.78 Å². The Morgan fingerprint density at radius 2 is 1.50 bits per heavy atom. The number of ether oxygens (including phenoxy) is 2. The molecule has 0 saturated heterocycles. The van der Waals surface area contributed by atoms with Crippen LogP contribution in [0.4, 0.5) is 17.6 Å². The molecule has 8 nitrogen and oxygen atoms in total. The number of amides is 3. The maximum absolute atomic E-state index is 13.8. The molecule has 198 valence electrons. The maximum Gasteiger partial charge on any atom is 0.317 e. The van der Waals surface area contributed by atoms with Crippen LogP contribution in [0.25, 0.3) is 0 Å². The first-order chi connectivity index (χ1) is 16.6. The first kappa shape index (κ1) is 29.0. The number of halogens is 4. The summed E-state index contributed by atoms with van der Waals surface area (Å²) in [5.74, 6) is -10.8. The molecule has 12 heteroatoms. The molecule has 0 spiro atoms. The summed E-state index contributed by atoms with van der Waals surface area (Å²) in [5.41, 5.74) is -2.05. The van der Waals surface area contributed by atoms with Crippen molar-refractivity contribution in [3.63, 3.8) is 0 Å². The summed E-state index contributed by atoms with van der Waals surface area (Å²) >= 11 is 0. The van der Waals surface area contributed by atoms with Crippen LogP contribution >= 0.6 is 0 Å². The van der Waals surface area contributed by atoms with Crippen molar-refractivity contribution in [3.8, 4) is 5.75 Å². The third-order valence-corrected chi connectivity index (χ3v) is 5.55. The fourth-order valence-corrected chi connectivity index (χ4v) is 3.08. The van der Waals surface area contributed by atoms with Crippen LogP contribution in [0.1, 0.15) is 47.0 Å². The molecule has 1 aromatic rings. The van der Waals surface area contributed by atoms with Crippen LogP contribution < -0.4 is 10.1 Å². The minimum Gasteiger partial charge on any atom is -0.420 e. The van der Waals surface area contributed by atoms with E-state index in [4.69, 9.17) is 4.74 Å². The van der Waals surface area contributed by atoms with Crippen molar-refractivity contribution in [3.05, 3.63) is 41.5 Å². The molecule has 0 unspecified atom stereocenters. The SMILES string of the molecule is CC(C)(CCNC(=O)CCN1C(=O)C=CC1=O)OCCC(C)(C)C(=O)Oc1c(F)c(F)cc(F)c1F. The van der Waals surface area contributed by atoms with Gasteiger partial charge in [-0.15, -0.1) is 0 Å². The maximum atomic E-state index is 13.8. The first-order valence-electron chi connectivity index (χ1n) is 11.1. The molecule has 1 heterocycles. The highest BCUT2D eigenvalue weighted by atomic mass is 19.2. The lowest BCUT2D eigenvalue weighted by molar-refractivity contribution is -0.146. The summed E-state index contributed by atoms with van der Waals surface area (Å²) in [6, 6.07) is 0.0123. The summed E-state index contributed by atoms with van der Waals surface area (Å²) in [7, 11) is 0. The van der Waals surface area contributed by atoms with E-state index in [9.17, 15) is 36.7 Å². The average Bonchev–Trinajstić information content (AvgIpc) is 3.10. The molecule has 1 aliphatic rings. The lowest BCUT2D eigenvalue weighted by Crippen LogP contribution is -2.37. The minimum absolute atomic E-state index is 0.0123. The predicted octanol–water partition coefficient (Wildman–Crippen LogP) is 3.18. The quantitative estimate of drug-likeness (QED) is 0.151. The number of nitrogens with one attached hydrogen (secondary N) is 1. The molecule has 0 radical (unpaired) electrons. The summed E-state index contributed by atoms with van der Waals surface area (Å²) < 4.78 is 64.7. The number of carbonyl (C=O) groups is 4. The zero-order valence-electron chi connectivity index (χ0n) is 20.4. The standard InChI is InChI=1S/C24H28F4N2O6/c1-23(2,22(34)36-21-19(27)14(25)13-15(26)20(21)28)9-12-35-24(3,4)8-10-29-16(31)7-11-30-17(32)5-6-18(30)33/h5-6,13H,7-12H2,1-4H3,(H,29,31). The highest BCUT2D eigenvalue weighted by Crippen LogP contribution is 2.30. The van der Waals surface area contributed by atoms with Gasteiger partial charge in [0.05, 0.1) is 11.0 Å². The van der Waals surface area contributed by atoms with Gasteiger partial charge < -0.3 is 14.8 Å². The molecular weight excluding hydrogens is 488 g/mol. The zero-order valence-corrected chi connectivity index (χ0v) is 20.4. The van der Waals surface area contributed by atoms with Crippen LogP contribution in [-0.4, -0.2) is 53.9 Å². The number of hydrogen-bond donors (Lipinski definition) is 1. The van der Waals surface area contributed by atoms with E-state index >= 15 is 0 Å². The Morgan fingerprint density at radius 1 is 0.944 bits per heavy atom. The lowest BCUT2D eigenvalue weighted by atomic mass is 9.90. The van der Waals surface area contributed by atoms with Gasteiger partial charge in [0, 0.05) is 44.3 Å². The topological polar surface area (TPSA) is 102 Å². The van der Waals surface area contributed by atoms with Crippen LogP contribution in [0.2, 0.25) is 0 Å². The van der Waals surface area contributed by atoms with Gasteiger partial charge in [0.2, 0.25) is 23.3 Å². The van der Waals surface area contributed by atoms with Crippen LogP contribution in [-0.2, 0) is 23.9 Å². The second-order valence-corrected chi connectivity index (χ2v) is 9.44. The molecular formula is C24H28F4N2O6. The summed E-state index contributed by atoms with van der Waals surface area (Å²) in [6.07, 6.45) is 2.66. The van der Waals surface area contributed by atoms with Gasteiger partial charge in [-0.25, -0.2) is 8.78 Å². The minimum atomic E-state index is -1.81. The molecule has 0 saturated carbocycles. The number of carbonyl (C=O) groups excluding carboxylic acids is 4. The third-order valence-electron chi connectivity index (χ3n) is 5.55. The summed E-state index contributed by atoms with van der Waals surface area (Å²) in [4.78, 5) is 48.3. The molecule has 1 N–H and O–H groups in total. The number of nitrogens with zero attached hydrogens (tertiary/aromatic N) is 1. The first-order valence-corrected chi connectivity index (χ1v) is 11.1. The highest BCUT2D eigenvalue weighted by Gasteiger charge is 2.33. The molecule has 0 atom stereocenters. The van der Waals surface area contributed by atoms with Crippen molar-refractivity contribution in [1.29, 1.82) is 0 Å². The fraction of sp³-hybridized carbons (Fsp3) is 0.500. The van der Waals surface area contributed by atoms with E-state index in [1.54, 1.807) is 13.8 Å². The molecule has 1 aliphatic heterocycles. The second kappa shape index (κ2) is 11.6. The molecule has 0 aliphatic carbocycles. The smallest absolute Gasteiger partial charge is 0.317 e. The zero-order chi connectivity index (χ0) is 27.3. The van der Waals surface area contributed by atoms with E-state index in [1.165, 1.54) is 13.8 Å². The molecule has 2 rings (SSSR count).